The van der Waals surface area contributed by atoms with Gasteiger partial charge in [-0.2, -0.15) is 0 Å². The predicted octanol–water partition coefficient (Wildman–Crippen LogP) is 4.24. The summed E-state index contributed by atoms with van der Waals surface area (Å²) in [6, 6.07) is 13.2. The Labute approximate surface area is 222 Å². The van der Waals surface area contributed by atoms with Gasteiger partial charge in [0.1, 0.15) is 12.2 Å². The van der Waals surface area contributed by atoms with Gasteiger partial charge >= 0.3 is 18.0 Å². The number of benzene rings is 2. The molecule has 10 heteroatoms. The van der Waals surface area contributed by atoms with E-state index in [1.807, 2.05) is 6.92 Å². The van der Waals surface area contributed by atoms with Gasteiger partial charge < -0.3 is 29.0 Å². The van der Waals surface area contributed by atoms with Gasteiger partial charge in [-0.3, -0.25) is 4.79 Å². The minimum Gasteiger partial charge on any atom is -0.478 e. The molecule has 2 rings (SSSR count). The van der Waals surface area contributed by atoms with E-state index in [1.54, 1.807) is 69.3 Å². The van der Waals surface area contributed by atoms with E-state index in [0.29, 0.717) is 17.7 Å². The average molecular weight is 530 g/mol. The van der Waals surface area contributed by atoms with E-state index in [9.17, 15) is 19.2 Å². The molecule has 0 spiro atoms. The topological polar surface area (TPSA) is 126 Å². The molecule has 2 aromatic carbocycles. The zero-order valence-electron chi connectivity index (χ0n) is 22.2. The monoisotopic (exact) mass is 529 g/mol. The highest BCUT2D eigenvalue weighted by Gasteiger charge is 2.18. The molecule has 0 heterocycles. The lowest BCUT2D eigenvalue weighted by atomic mass is 10.0. The van der Waals surface area contributed by atoms with Crippen molar-refractivity contribution < 1.29 is 42.9 Å². The number of hydrogen-bond acceptors (Lipinski definition) is 9. The highest BCUT2D eigenvalue weighted by atomic mass is 16.6. The molecule has 0 aliphatic rings. The van der Waals surface area contributed by atoms with Crippen LogP contribution in [-0.2, 0) is 30.4 Å². The molecule has 206 valence electrons. The minimum absolute atomic E-state index is 0.168. The number of carbonyl (C=O) groups excluding carboxylic acids is 4. The van der Waals surface area contributed by atoms with Crippen LogP contribution in [0, 0.1) is 0 Å². The van der Waals surface area contributed by atoms with Gasteiger partial charge in [-0.15, -0.1) is 0 Å². The van der Waals surface area contributed by atoms with E-state index in [0.717, 1.165) is 12.8 Å². The molecule has 10 nitrogen and oxygen atoms in total. The molecular formula is C28H35NO9. The molecule has 0 aromatic heterocycles. The second kappa shape index (κ2) is 15.2. The van der Waals surface area contributed by atoms with Crippen LogP contribution < -0.4 is 14.8 Å². The maximum atomic E-state index is 12.6. The van der Waals surface area contributed by atoms with E-state index in [1.165, 1.54) is 0 Å². The van der Waals surface area contributed by atoms with E-state index in [2.05, 4.69) is 5.32 Å². The number of hydrogen-bond donors (Lipinski definition) is 1. The van der Waals surface area contributed by atoms with Crippen molar-refractivity contribution in [2.24, 2.45) is 0 Å². The number of rotatable bonds is 14. The number of unbranched alkanes of at least 4 members (excludes halogenated alkanes) is 1. The van der Waals surface area contributed by atoms with Crippen molar-refractivity contribution in [3.8, 4) is 11.5 Å². The highest BCUT2D eigenvalue weighted by Crippen LogP contribution is 2.26. The van der Waals surface area contributed by atoms with Gasteiger partial charge in [0.2, 0.25) is 0 Å². The lowest BCUT2D eigenvalue weighted by molar-refractivity contribution is -0.148. The number of ketones is 1. The summed E-state index contributed by atoms with van der Waals surface area (Å²) in [5.41, 5.74) is 0.0950. The van der Waals surface area contributed by atoms with Crippen molar-refractivity contribution in [2.45, 2.75) is 52.7 Å². The Morgan fingerprint density at radius 3 is 2.00 bits per heavy atom. The summed E-state index contributed by atoms with van der Waals surface area (Å²) in [5, 5.41) is 2.42. The molecule has 0 aliphatic carbocycles. The lowest BCUT2D eigenvalue weighted by Crippen LogP contribution is -2.35. The molecule has 38 heavy (non-hydrogen) atoms. The van der Waals surface area contributed by atoms with Gasteiger partial charge in [-0.1, -0.05) is 49.7 Å². The number of alkyl carbamates (subject to hydrolysis) is 1. The van der Waals surface area contributed by atoms with Gasteiger partial charge in [0.05, 0.1) is 13.2 Å². The molecule has 0 unspecified atom stereocenters. The first-order valence-corrected chi connectivity index (χ1v) is 12.3. The molecule has 1 amide bonds. The first-order valence-electron chi connectivity index (χ1n) is 12.3. The number of para-hydroxylation sites is 2. The van der Waals surface area contributed by atoms with Crippen LogP contribution in [0.1, 0.15) is 56.5 Å². The second-order valence-corrected chi connectivity index (χ2v) is 9.19. The van der Waals surface area contributed by atoms with Crippen molar-refractivity contribution in [3.63, 3.8) is 0 Å². The molecule has 0 atom stereocenters. The Kier molecular flexibility index (Phi) is 12.1. The van der Waals surface area contributed by atoms with Crippen molar-refractivity contribution in [1.82, 2.24) is 5.32 Å². The third-order valence-corrected chi connectivity index (χ3v) is 4.80. The average Bonchev–Trinajstić information content (AvgIpc) is 2.88. The Hall–Kier alpha value is -4.08. The van der Waals surface area contributed by atoms with Gasteiger partial charge in [0.25, 0.3) is 0 Å². The zero-order chi connectivity index (χ0) is 28.0. The normalized spacial score (nSPS) is 10.7. The molecule has 0 aliphatic heterocycles. The molecule has 0 saturated heterocycles. The fourth-order valence-corrected chi connectivity index (χ4v) is 3.01. The summed E-state index contributed by atoms with van der Waals surface area (Å²) >= 11 is 0. The fourth-order valence-electron chi connectivity index (χ4n) is 3.01. The number of esters is 2. The van der Waals surface area contributed by atoms with Crippen LogP contribution in [0.2, 0.25) is 0 Å². The summed E-state index contributed by atoms with van der Waals surface area (Å²) in [6.07, 6.45) is 0.980. The van der Waals surface area contributed by atoms with Crippen molar-refractivity contribution in [2.75, 3.05) is 26.4 Å². The largest absolute Gasteiger partial charge is 0.478 e. The summed E-state index contributed by atoms with van der Waals surface area (Å²) < 4.78 is 26.5. The van der Waals surface area contributed by atoms with Gasteiger partial charge in [-0.05, 0) is 39.3 Å². The fraction of sp³-hybridized carbons (Fsp3) is 0.429. The van der Waals surface area contributed by atoms with Gasteiger partial charge in [-0.25, -0.2) is 14.4 Å². The summed E-state index contributed by atoms with van der Waals surface area (Å²) in [6.45, 7) is 6.34. The molecule has 2 aromatic rings. The molecule has 0 fully saturated rings. The lowest BCUT2D eigenvalue weighted by Gasteiger charge is -2.19. The Balaban J connectivity index is 1.86. The third kappa shape index (κ3) is 11.3. The molecule has 1 N–H and O–H groups in total. The van der Waals surface area contributed by atoms with Crippen molar-refractivity contribution >= 4 is 23.8 Å². The van der Waals surface area contributed by atoms with Crippen LogP contribution in [0.15, 0.2) is 48.5 Å². The molecule has 0 radical (unpaired) electrons. The van der Waals surface area contributed by atoms with E-state index in [-0.39, 0.29) is 37.0 Å². The quantitative estimate of drug-likeness (QED) is 0.165. The van der Waals surface area contributed by atoms with Gasteiger partial charge in [0.15, 0.2) is 30.5 Å². The van der Waals surface area contributed by atoms with Crippen molar-refractivity contribution in [3.05, 3.63) is 59.7 Å². The van der Waals surface area contributed by atoms with Crippen molar-refractivity contribution in [1.29, 1.82) is 0 Å². The van der Waals surface area contributed by atoms with Gasteiger partial charge in [0, 0.05) is 11.1 Å². The van der Waals surface area contributed by atoms with Crippen LogP contribution >= 0.6 is 0 Å². The number of ether oxygens (including phenoxy) is 5. The molecule has 0 bridgehead atoms. The van der Waals surface area contributed by atoms with Crippen LogP contribution in [0.3, 0.4) is 0 Å². The van der Waals surface area contributed by atoms with E-state index < -0.39 is 30.2 Å². The minimum atomic E-state index is -0.704. The number of Topliss-reactive ketones (excluding diaryl/α,β-unsaturated/α-hetero) is 1. The maximum absolute atomic E-state index is 12.6. The Bertz CT molecular complexity index is 1090. The summed E-state index contributed by atoms with van der Waals surface area (Å²) in [5.74, 6) is -0.996. The second-order valence-electron chi connectivity index (χ2n) is 9.19. The number of carbonyl (C=O) groups is 4. The summed E-state index contributed by atoms with van der Waals surface area (Å²) in [4.78, 5) is 48.6. The first kappa shape index (κ1) is 30.1. The predicted molar refractivity (Wildman–Crippen MR) is 138 cm³/mol. The van der Waals surface area contributed by atoms with E-state index >= 15 is 0 Å². The first-order chi connectivity index (χ1) is 18.1. The number of amides is 1. The Morgan fingerprint density at radius 1 is 0.816 bits per heavy atom. The van der Waals surface area contributed by atoms with Crippen LogP contribution in [0.25, 0.3) is 0 Å². The Morgan fingerprint density at radius 2 is 1.39 bits per heavy atom. The summed E-state index contributed by atoms with van der Waals surface area (Å²) in [7, 11) is 0. The van der Waals surface area contributed by atoms with Crippen LogP contribution in [0.4, 0.5) is 4.79 Å². The maximum Gasteiger partial charge on any atom is 0.408 e. The zero-order valence-corrected chi connectivity index (χ0v) is 22.2. The molecule has 0 saturated carbocycles. The standard InChI is InChI=1S/C28H35NO9/c1-5-6-15-34-25(31)18-35-23-13-9-10-14-24(23)36-19-26(32)37-17-20-11-7-8-12-21(20)22(30)16-29-27(33)38-28(2,3)4/h7-14H,5-6,15-19H2,1-4H3,(H,29,33). The highest BCUT2D eigenvalue weighted by molar-refractivity contribution is 6.00. The van der Waals surface area contributed by atoms with Crippen LogP contribution in [0.5, 0.6) is 11.5 Å². The molecular weight excluding hydrogens is 494 g/mol. The van der Waals surface area contributed by atoms with Crippen LogP contribution in [-0.4, -0.2) is 55.8 Å². The SMILES string of the molecule is CCCCOC(=O)COc1ccccc1OCC(=O)OCc1ccccc1C(=O)CNC(=O)OC(C)(C)C. The van der Waals surface area contributed by atoms with E-state index in [4.69, 9.17) is 23.7 Å². The third-order valence-electron chi connectivity index (χ3n) is 4.80. The smallest absolute Gasteiger partial charge is 0.408 e. The number of nitrogens with one attached hydrogen (secondary N) is 1.